The van der Waals surface area contributed by atoms with Gasteiger partial charge in [0.2, 0.25) is 0 Å². The Morgan fingerprint density at radius 2 is 0.974 bits per heavy atom. The van der Waals surface area contributed by atoms with Gasteiger partial charge in [-0.1, -0.05) is 18.2 Å². The van der Waals surface area contributed by atoms with Gasteiger partial charge in [0.05, 0.1) is 5.56 Å². The van der Waals surface area contributed by atoms with Gasteiger partial charge in [-0.3, -0.25) is 4.55 Å². The van der Waals surface area contributed by atoms with Crippen molar-refractivity contribution in [3.05, 3.63) is 35.4 Å². The molecule has 0 saturated heterocycles. The summed E-state index contributed by atoms with van der Waals surface area (Å²) in [6.45, 7) is 0. The second kappa shape index (κ2) is 8.22. The number of alkyl halides is 17. The second-order valence-corrected chi connectivity index (χ2v) is 9.07. The lowest BCUT2D eigenvalue weighted by Crippen LogP contribution is -2.76. The maximum atomic E-state index is 14.9. The van der Waals surface area contributed by atoms with Gasteiger partial charge in [0, 0.05) is 5.56 Å². The molecule has 0 bridgehead atoms. The Morgan fingerprint density at radius 3 is 1.36 bits per heavy atom. The van der Waals surface area contributed by atoms with Crippen LogP contribution >= 0.6 is 0 Å². The van der Waals surface area contributed by atoms with Gasteiger partial charge >= 0.3 is 68.7 Å². The number of carbonyl (C=O) groups is 1. The summed E-state index contributed by atoms with van der Waals surface area (Å²) in [5, 5.41) is 0. The molecule has 1 aromatic rings. The smallest absolute Gasteiger partial charge is 0.425 e. The van der Waals surface area contributed by atoms with E-state index in [1.54, 1.807) is 0 Å². The standard InChI is InChI=1S/C16H5F17O5S/c17-9(18,8(39(35,36)37)6-4-2-1-3-5(6)7(34)38-8)10(19,20)11(21,22)12(23,24)13(25,26)14(27,28)15(29,30)16(31,32)33/h1-4H,(H,35,36,37). The molecule has 5 nitrogen and oxygen atoms in total. The van der Waals surface area contributed by atoms with E-state index < -0.39 is 79.8 Å². The predicted octanol–water partition coefficient (Wildman–Crippen LogP) is 5.91. The molecule has 39 heavy (non-hydrogen) atoms. The molecule has 0 amide bonds. The molecule has 2 rings (SSSR count). The number of hydrogen-bond acceptors (Lipinski definition) is 4. The molecule has 224 valence electrons. The van der Waals surface area contributed by atoms with E-state index in [9.17, 15) is 87.8 Å². The number of fused-ring (bicyclic) bond motifs is 1. The maximum absolute atomic E-state index is 14.9. The van der Waals surface area contributed by atoms with E-state index >= 15 is 0 Å². The molecule has 0 radical (unpaired) electrons. The zero-order valence-electron chi connectivity index (χ0n) is 17.2. The van der Waals surface area contributed by atoms with Crippen molar-refractivity contribution in [3.63, 3.8) is 0 Å². The average Bonchev–Trinajstić information content (AvgIpc) is 3.06. The molecular weight excluding hydrogens is 627 g/mol. The summed E-state index contributed by atoms with van der Waals surface area (Å²) in [7, 11) is -7.32. The van der Waals surface area contributed by atoms with Crippen molar-refractivity contribution in [2.45, 2.75) is 52.6 Å². The van der Waals surface area contributed by atoms with Crippen LogP contribution in [0.4, 0.5) is 74.6 Å². The molecule has 0 fully saturated rings. The van der Waals surface area contributed by atoms with Gasteiger partial charge in [-0.05, 0) is 6.07 Å². The normalized spacial score (nSPS) is 20.6. The minimum Gasteiger partial charge on any atom is -0.425 e. The maximum Gasteiger partial charge on any atom is 0.460 e. The molecule has 1 aromatic carbocycles. The van der Waals surface area contributed by atoms with Crippen molar-refractivity contribution in [3.8, 4) is 0 Å². The van der Waals surface area contributed by atoms with Crippen molar-refractivity contribution in [2.24, 2.45) is 0 Å². The molecule has 0 saturated carbocycles. The van der Waals surface area contributed by atoms with Crippen LogP contribution in [-0.2, 0) is 19.8 Å². The van der Waals surface area contributed by atoms with Crippen LogP contribution in [0.1, 0.15) is 15.9 Å². The number of carbonyl (C=O) groups excluding carboxylic acids is 1. The summed E-state index contributed by atoms with van der Waals surface area (Å²) < 4.78 is 267. The summed E-state index contributed by atoms with van der Waals surface area (Å²) in [5.41, 5.74) is -3.79. The van der Waals surface area contributed by atoms with Crippen LogP contribution < -0.4 is 0 Å². The minimum absolute atomic E-state index is 0.152. The highest BCUT2D eigenvalue weighted by Crippen LogP contribution is 2.67. The Kier molecular flexibility index (Phi) is 6.88. The Hall–Kier alpha value is -2.59. The van der Waals surface area contributed by atoms with Gasteiger partial charge in [0.1, 0.15) is 0 Å². The Labute approximate surface area is 202 Å². The number of cyclic esters (lactones) is 1. The first kappa shape index (κ1) is 32.6. The highest BCUT2D eigenvalue weighted by Gasteiger charge is 2.97. The Morgan fingerprint density at radius 1 is 0.615 bits per heavy atom. The topological polar surface area (TPSA) is 80.7 Å². The fourth-order valence-corrected chi connectivity index (χ4v) is 4.24. The first-order valence-electron chi connectivity index (χ1n) is 8.87. The van der Waals surface area contributed by atoms with Gasteiger partial charge in [-0.25, -0.2) is 4.79 Å². The third kappa shape index (κ3) is 3.63. The highest BCUT2D eigenvalue weighted by atomic mass is 32.2. The fourth-order valence-electron chi connectivity index (χ4n) is 3.15. The highest BCUT2D eigenvalue weighted by molar-refractivity contribution is 7.86. The Balaban J connectivity index is 2.89. The molecule has 1 heterocycles. The largest absolute Gasteiger partial charge is 0.460 e. The van der Waals surface area contributed by atoms with Gasteiger partial charge in [0.15, 0.2) is 0 Å². The number of halogens is 17. The molecule has 0 spiro atoms. The van der Waals surface area contributed by atoms with Crippen LogP contribution in [0.15, 0.2) is 24.3 Å². The van der Waals surface area contributed by atoms with Crippen LogP contribution in [0.25, 0.3) is 0 Å². The van der Waals surface area contributed by atoms with Crippen molar-refractivity contribution < 1.29 is 97.1 Å². The zero-order chi connectivity index (χ0) is 31.3. The summed E-state index contributed by atoms with van der Waals surface area (Å²) in [5.74, 6) is -62.8. The molecular formula is C16H5F17O5S. The zero-order valence-corrected chi connectivity index (χ0v) is 18.0. The number of hydrogen-bond donors (Lipinski definition) is 1. The van der Waals surface area contributed by atoms with Crippen LogP contribution in [0.3, 0.4) is 0 Å². The van der Waals surface area contributed by atoms with E-state index in [4.69, 9.17) is 4.55 Å². The van der Waals surface area contributed by atoms with Gasteiger partial charge in [0.25, 0.3) is 0 Å². The molecule has 1 atom stereocenters. The third-order valence-corrected chi connectivity index (χ3v) is 6.52. The van der Waals surface area contributed by atoms with Crippen LogP contribution in [0, 0.1) is 0 Å². The SMILES string of the molecule is O=C1OC(C(F)(F)C(F)(F)C(F)(F)C(F)(F)C(F)(F)C(F)(F)C(F)(F)C(F)(F)F)(S(=O)(=O)O)c2ccccc21. The van der Waals surface area contributed by atoms with Crippen molar-refractivity contribution >= 4 is 16.1 Å². The third-order valence-electron chi connectivity index (χ3n) is 5.24. The molecule has 1 aliphatic heterocycles. The van der Waals surface area contributed by atoms with E-state index in [1.807, 2.05) is 0 Å². The fraction of sp³-hybridized carbons (Fsp3) is 0.562. The summed E-state index contributed by atoms with van der Waals surface area (Å²) in [6, 6.07) is 1.07. The molecule has 1 aliphatic rings. The van der Waals surface area contributed by atoms with Crippen LogP contribution in [0.5, 0.6) is 0 Å². The Bertz CT molecular complexity index is 1270. The lowest BCUT2D eigenvalue weighted by atomic mass is 9.86. The first-order valence-corrected chi connectivity index (χ1v) is 10.3. The summed E-state index contributed by atoms with van der Waals surface area (Å²) >= 11 is 0. The number of benzene rings is 1. The lowest BCUT2D eigenvalue weighted by Gasteiger charge is -2.45. The minimum atomic E-state index is -9.01. The number of esters is 1. The van der Waals surface area contributed by atoms with E-state index in [0.717, 1.165) is 0 Å². The van der Waals surface area contributed by atoms with Gasteiger partial charge < -0.3 is 4.74 Å². The lowest BCUT2D eigenvalue weighted by molar-refractivity contribution is -0.465. The molecule has 1 unspecified atom stereocenters. The van der Waals surface area contributed by atoms with Crippen LogP contribution in [-0.4, -0.2) is 66.6 Å². The van der Waals surface area contributed by atoms with E-state index in [1.165, 1.54) is 0 Å². The average molecular weight is 632 g/mol. The van der Waals surface area contributed by atoms with E-state index in [2.05, 4.69) is 4.74 Å². The quantitative estimate of drug-likeness (QED) is 0.219. The number of ether oxygens (including phenoxy) is 1. The predicted molar refractivity (Wildman–Crippen MR) is 85.8 cm³/mol. The summed E-state index contributed by atoms with van der Waals surface area (Å²) in [6.07, 6.45) is -7.95. The van der Waals surface area contributed by atoms with Crippen molar-refractivity contribution in [1.82, 2.24) is 0 Å². The van der Waals surface area contributed by atoms with Gasteiger partial charge in [-0.2, -0.15) is 83.1 Å². The molecule has 23 heteroatoms. The van der Waals surface area contributed by atoms with Crippen molar-refractivity contribution in [2.75, 3.05) is 0 Å². The molecule has 0 aromatic heterocycles. The molecule has 1 N–H and O–H groups in total. The van der Waals surface area contributed by atoms with Gasteiger partial charge in [-0.15, -0.1) is 0 Å². The van der Waals surface area contributed by atoms with Crippen molar-refractivity contribution in [1.29, 1.82) is 0 Å². The number of rotatable bonds is 8. The second-order valence-electron chi connectivity index (χ2n) is 7.55. The van der Waals surface area contributed by atoms with E-state index in [0.29, 0.717) is 12.1 Å². The summed E-state index contributed by atoms with van der Waals surface area (Å²) in [4.78, 5) is 5.81. The first-order chi connectivity index (χ1) is 16.9. The van der Waals surface area contributed by atoms with Crippen LogP contribution in [0.2, 0.25) is 0 Å². The molecule has 0 aliphatic carbocycles. The van der Waals surface area contributed by atoms with E-state index in [-0.39, 0.29) is 12.1 Å². The monoisotopic (exact) mass is 632 g/mol.